The van der Waals surface area contributed by atoms with Crippen LogP contribution in [0.3, 0.4) is 0 Å². The Bertz CT molecular complexity index is 659. The van der Waals surface area contributed by atoms with E-state index in [1.807, 2.05) is 0 Å². The van der Waals surface area contributed by atoms with Gasteiger partial charge in [0.15, 0.2) is 0 Å². The highest BCUT2D eigenvalue weighted by Gasteiger charge is 2.11. The number of ether oxygens (including phenoxy) is 1. The van der Waals surface area contributed by atoms with Gasteiger partial charge in [0.1, 0.15) is 18.2 Å². The second kappa shape index (κ2) is 6.32. The molecule has 2 aromatic carbocycles. The van der Waals surface area contributed by atoms with Crippen molar-refractivity contribution in [2.24, 2.45) is 5.73 Å². The average Bonchev–Trinajstić information content (AvgIpc) is 2.45. The largest absolute Gasteiger partial charge is 0.488 e. The van der Waals surface area contributed by atoms with Crippen LogP contribution in [0.5, 0.6) is 5.75 Å². The fourth-order valence-electron chi connectivity index (χ4n) is 1.93. The summed E-state index contributed by atoms with van der Waals surface area (Å²) in [6.07, 6.45) is 0. The molecule has 0 aliphatic carbocycles. The number of nitro groups is 1. The van der Waals surface area contributed by atoms with Crippen LogP contribution < -0.4 is 10.5 Å². The van der Waals surface area contributed by atoms with Crippen molar-refractivity contribution in [2.45, 2.75) is 19.6 Å². The maximum atomic E-state index is 13.3. The normalized spacial score (nSPS) is 12.0. The van der Waals surface area contributed by atoms with Crippen molar-refractivity contribution in [3.05, 3.63) is 69.5 Å². The molecule has 0 aliphatic rings. The fraction of sp³-hybridized carbons (Fsp3) is 0.200. The Morgan fingerprint density at radius 2 is 2.10 bits per heavy atom. The van der Waals surface area contributed by atoms with E-state index in [1.165, 1.54) is 24.3 Å². The Hall–Kier alpha value is -2.47. The van der Waals surface area contributed by atoms with Gasteiger partial charge in [-0.15, -0.1) is 0 Å². The van der Waals surface area contributed by atoms with E-state index in [-0.39, 0.29) is 18.3 Å². The number of nitrogens with two attached hydrogens (primary N) is 1. The van der Waals surface area contributed by atoms with E-state index in [1.54, 1.807) is 25.1 Å². The number of nitrogens with zero attached hydrogens (tertiary/aromatic N) is 1. The molecule has 0 amide bonds. The van der Waals surface area contributed by atoms with Gasteiger partial charge < -0.3 is 10.5 Å². The van der Waals surface area contributed by atoms with Crippen molar-refractivity contribution in [3.63, 3.8) is 0 Å². The third kappa shape index (κ3) is 3.76. The zero-order chi connectivity index (χ0) is 15.4. The zero-order valence-corrected chi connectivity index (χ0v) is 11.5. The zero-order valence-electron chi connectivity index (χ0n) is 11.5. The predicted octanol–water partition coefficient (Wildman–Crippen LogP) is 3.33. The highest BCUT2D eigenvalue weighted by Crippen LogP contribution is 2.26. The maximum absolute atomic E-state index is 13.3. The van der Waals surface area contributed by atoms with E-state index >= 15 is 0 Å². The lowest BCUT2D eigenvalue weighted by Crippen LogP contribution is -2.08. The van der Waals surface area contributed by atoms with Crippen LogP contribution in [0.4, 0.5) is 10.1 Å². The predicted molar refractivity (Wildman–Crippen MR) is 76.4 cm³/mol. The summed E-state index contributed by atoms with van der Waals surface area (Å²) < 4.78 is 18.9. The fourth-order valence-corrected chi connectivity index (χ4v) is 1.93. The van der Waals surface area contributed by atoms with Gasteiger partial charge in [0.25, 0.3) is 5.69 Å². The molecule has 0 heterocycles. The van der Waals surface area contributed by atoms with Gasteiger partial charge in [0.05, 0.1) is 4.92 Å². The lowest BCUT2D eigenvalue weighted by molar-refractivity contribution is -0.384. The molecule has 21 heavy (non-hydrogen) atoms. The first-order valence-corrected chi connectivity index (χ1v) is 6.38. The Balaban J connectivity index is 2.18. The molecular weight excluding hydrogens is 275 g/mol. The first-order chi connectivity index (χ1) is 9.97. The molecule has 2 rings (SSSR count). The quantitative estimate of drug-likeness (QED) is 0.676. The molecule has 0 saturated carbocycles. The average molecular weight is 290 g/mol. The van der Waals surface area contributed by atoms with Crippen molar-refractivity contribution in [1.82, 2.24) is 0 Å². The molecule has 0 fully saturated rings. The third-order valence-electron chi connectivity index (χ3n) is 2.98. The van der Waals surface area contributed by atoms with E-state index in [2.05, 4.69) is 0 Å². The Labute approximate surface area is 121 Å². The highest BCUT2D eigenvalue weighted by molar-refractivity contribution is 5.37. The van der Waals surface area contributed by atoms with Gasteiger partial charge in [0, 0.05) is 29.8 Å². The number of rotatable bonds is 5. The van der Waals surface area contributed by atoms with Crippen LogP contribution in [0, 0.1) is 15.9 Å². The van der Waals surface area contributed by atoms with Crippen molar-refractivity contribution < 1.29 is 14.1 Å². The van der Waals surface area contributed by atoms with Gasteiger partial charge in [-0.25, -0.2) is 4.39 Å². The molecular formula is C15H15FN2O3. The number of hydrogen-bond acceptors (Lipinski definition) is 4. The monoisotopic (exact) mass is 290 g/mol. The van der Waals surface area contributed by atoms with Crippen molar-refractivity contribution in [3.8, 4) is 5.75 Å². The minimum atomic E-state index is -0.473. The molecule has 0 unspecified atom stereocenters. The van der Waals surface area contributed by atoms with Crippen LogP contribution in [0.2, 0.25) is 0 Å². The number of non-ortho nitro benzene ring substituents is 1. The van der Waals surface area contributed by atoms with E-state index in [9.17, 15) is 14.5 Å². The standard InChI is InChI=1S/C15H15FN2O3/c1-10(17)14-6-5-12(16)8-15(14)21-9-11-3-2-4-13(7-11)18(19)20/h2-8,10H,9,17H2,1H3/t10-/m0/s1. The van der Waals surface area contributed by atoms with Crippen LogP contribution >= 0.6 is 0 Å². The van der Waals surface area contributed by atoms with Crippen LogP contribution in [0.15, 0.2) is 42.5 Å². The van der Waals surface area contributed by atoms with Crippen molar-refractivity contribution in [1.29, 1.82) is 0 Å². The van der Waals surface area contributed by atoms with Gasteiger partial charge >= 0.3 is 0 Å². The molecule has 110 valence electrons. The second-order valence-electron chi connectivity index (χ2n) is 4.69. The van der Waals surface area contributed by atoms with E-state index in [0.717, 1.165) is 0 Å². The molecule has 5 nitrogen and oxygen atoms in total. The highest BCUT2D eigenvalue weighted by atomic mass is 19.1. The van der Waals surface area contributed by atoms with Crippen LogP contribution in [-0.4, -0.2) is 4.92 Å². The van der Waals surface area contributed by atoms with E-state index in [0.29, 0.717) is 16.9 Å². The first kappa shape index (κ1) is 14.9. The SMILES string of the molecule is C[C@H](N)c1ccc(F)cc1OCc1cccc([N+](=O)[O-])c1. The maximum Gasteiger partial charge on any atom is 0.269 e. The molecule has 0 aliphatic heterocycles. The van der Waals surface area contributed by atoms with Crippen LogP contribution in [0.25, 0.3) is 0 Å². The summed E-state index contributed by atoms with van der Waals surface area (Å²) in [5.74, 6) is -0.0788. The lowest BCUT2D eigenvalue weighted by Gasteiger charge is -2.14. The Kier molecular flexibility index (Phi) is 4.49. The number of benzene rings is 2. The molecule has 2 N–H and O–H groups in total. The third-order valence-corrected chi connectivity index (χ3v) is 2.98. The second-order valence-corrected chi connectivity index (χ2v) is 4.69. The van der Waals surface area contributed by atoms with Gasteiger partial charge in [-0.1, -0.05) is 18.2 Å². The molecule has 0 aromatic heterocycles. The van der Waals surface area contributed by atoms with Gasteiger partial charge in [-0.05, 0) is 18.6 Å². The van der Waals surface area contributed by atoms with E-state index in [4.69, 9.17) is 10.5 Å². The molecule has 0 radical (unpaired) electrons. The van der Waals surface area contributed by atoms with Gasteiger partial charge in [-0.3, -0.25) is 10.1 Å². The Morgan fingerprint density at radius 3 is 2.76 bits per heavy atom. The van der Waals surface area contributed by atoms with Crippen molar-refractivity contribution in [2.75, 3.05) is 0 Å². The molecule has 2 aromatic rings. The smallest absolute Gasteiger partial charge is 0.269 e. The number of halogens is 1. The van der Waals surface area contributed by atoms with Crippen LogP contribution in [0.1, 0.15) is 24.1 Å². The van der Waals surface area contributed by atoms with Crippen LogP contribution in [-0.2, 0) is 6.61 Å². The Morgan fingerprint density at radius 1 is 1.33 bits per heavy atom. The summed E-state index contributed by atoms with van der Waals surface area (Å²) in [4.78, 5) is 10.2. The minimum absolute atomic E-state index is 0.0113. The van der Waals surface area contributed by atoms with E-state index < -0.39 is 10.7 Å². The molecule has 0 saturated heterocycles. The van der Waals surface area contributed by atoms with Gasteiger partial charge in [0.2, 0.25) is 0 Å². The molecule has 0 bridgehead atoms. The summed E-state index contributed by atoms with van der Waals surface area (Å²) in [6, 6.07) is 9.96. The van der Waals surface area contributed by atoms with Gasteiger partial charge in [-0.2, -0.15) is 0 Å². The number of nitro benzene ring substituents is 1. The summed E-state index contributed by atoms with van der Waals surface area (Å²) in [5.41, 5.74) is 7.11. The summed E-state index contributed by atoms with van der Waals surface area (Å²) in [5, 5.41) is 10.7. The topological polar surface area (TPSA) is 78.4 Å². The summed E-state index contributed by atoms with van der Waals surface area (Å²) >= 11 is 0. The first-order valence-electron chi connectivity index (χ1n) is 6.38. The lowest BCUT2D eigenvalue weighted by atomic mass is 10.1. The summed E-state index contributed by atoms with van der Waals surface area (Å²) in [6.45, 7) is 1.87. The van der Waals surface area contributed by atoms with Crippen molar-refractivity contribution >= 4 is 5.69 Å². The minimum Gasteiger partial charge on any atom is -0.488 e. The molecule has 0 spiro atoms. The molecule has 6 heteroatoms. The number of hydrogen-bond donors (Lipinski definition) is 1. The summed E-state index contributed by atoms with van der Waals surface area (Å²) in [7, 11) is 0. The molecule has 1 atom stereocenters.